The van der Waals surface area contributed by atoms with E-state index in [1.54, 1.807) is 0 Å². The molecule has 172 valence electrons. The fraction of sp³-hybridized carbons (Fsp3) is 0.400. The first-order valence-electron chi connectivity index (χ1n) is 11.4. The van der Waals surface area contributed by atoms with E-state index in [-0.39, 0.29) is 18.4 Å². The van der Waals surface area contributed by atoms with Gasteiger partial charge in [-0.25, -0.2) is 4.79 Å². The molecule has 2 heterocycles. The number of urea groups is 1. The number of rotatable bonds is 5. The van der Waals surface area contributed by atoms with Gasteiger partial charge in [0.2, 0.25) is 5.91 Å². The molecular weight excluding hydrogens is 436 g/mol. The summed E-state index contributed by atoms with van der Waals surface area (Å²) in [5, 5.41) is 5.74. The molecule has 1 aliphatic carbocycles. The van der Waals surface area contributed by atoms with Crippen LogP contribution in [0.4, 0.5) is 10.5 Å². The summed E-state index contributed by atoms with van der Waals surface area (Å²) in [7, 11) is 0. The molecule has 2 saturated heterocycles. The molecule has 7 nitrogen and oxygen atoms in total. The normalized spacial score (nSPS) is 22.8. The van der Waals surface area contributed by atoms with Crippen LogP contribution >= 0.6 is 11.8 Å². The van der Waals surface area contributed by atoms with Crippen molar-refractivity contribution in [2.75, 3.05) is 36.5 Å². The van der Waals surface area contributed by atoms with Gasteiger partial charge in [-0.05, 0) is 41.7 Å². The first-order valence-corrected chi connectivity index (χ1v) is 12.6. The molecule has 2 aromatic rings. The van der Waals surface area contributed by atoms with Gasteiger partial charge in [-0.3, -0.25) is 19.4 Å². The van der Waals surface area contributed by atoms with Crippen molar-refractivity contribution in [1.82, 2.24) is 15.1 Å². The molecule has 2 N–H and O–H groups in total. The number of nitrogens with zero attached hydrogens (tertiary/aromatic N) is 2. The monoisotopic (exact) mass is 464 g/mol. The molecule has 4 amide bonds. The van der Waals surface area contributed by atoms with Crippen molar-refractivity contribution in [3.8, 4) is 0 Å². The second kappa shape index (κ2) is 9.19. The first kappa shape index (κ1) is 22.0. The smallest absolute Gasteiger partial charge is 0.325 e. The number of aryl methyl sites for hydroxylation is 1. The van der Waals surface area contributed by atoms with Crippen LogP contribution in [0, 0.1) is 0 Å². The Labute approximate surface area is 197 Å². The van der Waals surface area contributed by atoms with E-state index in [0.717, 1.165) is 53.6 Å². The fourth-order valence-electron chi connectivity index (χ4n) is 4.95. The topological polar surface area (TPSA) is 81.8 Å². The van der Waals surface area contributed by atoms with Gasteiger partial charge in [0, 0.05) is 43.2 Å². The summed E-state index contributed by atoms with van der Waals surface area (Å²) < 4.78 is 0. The van der Waals surface area contributed by atoms with E-state index in [1.807, 2.05) is 48.2 Å². The molecule has 1 unspecified atom stereocenters. The van der Waals surface area contributed by atoms with E-state index >= 15 is 0 Å². The zero-order chi connectivity index (χ0) is 22.8. The number of carbonyl (C=O) groups is 3. The minimum atomic E-state index is -0.946. The predicted octanol–water partition coefficient (Wildman–Crippen LogP) is 2.65. The van der Waals surface area contributed by atoms with Gasteiger partial charge in [-0.15, -0.1) is 0 Å². The van der Waals surface area contributed by atoms with Crippen molar-refractivity contribution < 1.29 is 14.4 Å². The zero-order valence-electron chi connectivity index (χ0n) is 18.5. The van der Waals surface area contributed by atoms with Gasteiger partial charge in [0.1, 0.15) is 12.1 Å². The van der Waals surface area contributed by atoms with E-state index in [9.17, 15) is 14.4 Å². The number of hydrogen-bond donors (Lipinski definition) is 2. The number of nitrogens with one attached hydrogen (secondary N) is 2. The molecule has 0 bridgehead atoms. The summed E-state index contributed by atoms with van der Waals surface area (Å²) >= 11 is 1.98. The van der Waals surface area contributed by atoms with Crippen LogP contribution in [0.1, 0.15) is 23.1 Å². The standard InChI is InChI=1S/C25H28N4O3S/c30-22(26-21-7-3-4-18(14-21)16-28-10-12-33-13-11-28)17-29-23(31)25(27-24(29)32)9-8-19-5-1-2-6-20(19)15-25/h1-7,14H,8-13,15-17H2,(H,26,30)(H,27,32). The van der Waals surface area contributed by atoms with Crippen molar-refractivity contribution in [2.45, 2.75) is 31.3 Å². The van der Waals surface area contributed by atoms with Gasteiger partial charge in [-0.2, -0.15) is 11.8 Å². The summed E-state index contributed by atoms with van der Waals surface area (Å²) in [6, 6.07) is 15.3. The average molecular weight is 465 g/mol. The Morgan fingerprint density at radius 2 is 1.85 bits per heavy atom. The summed E-state index contributed by atoms with van der Waals surface area (Å²) in [6.45, 7) is 2.70. The van der Waals surface area contributed by atoms with Crippen LogP contribution in [0.2, 0.25) is 0 Å². The number of benzene rings is 2. The van der Waals surface area contributed by atoms with Crippen molar-refractivity contribution in [3.63, 3.8) is 0 Å². The lowest BCUT2D eigenvalue weighted by Crippen LogP contribution is -2.51. The van der Waals surface area contributed by atoms with Crippen molar-refractivity contribution in [1.29, 1.82) is 0 Å². The quantitative estimate of drug-likeness (QED) is 0.665. The van der Waals surface area contributed by atoms with Crippen LogP contribution in [0.25, 0.3) is 0 Å². The Morgan fingerprint density at radius 1 is 1.06 bits per heavy atom. The fourth-order valence-corrected chi connectivity index (χ4v) is 5.93. The first-order chi connectivity index (χ1) is 16.0. The minimum Gasteiger partial charge on any atom is -0.325 e. The summed E-state index contributed by atoms with van der Waals surface area (Å²) in [6.07, 6.45) is 1.73. The lowest BCUT2D eigenvalue weighted by atomic mass is 9.78. The van der Waals surface area contributed by atoms with Crippen molar-refractivity contribution >= 4 is 35.3 Å². The highest BCUT2D eigenvalue weighted by atomic mass is 32.2. The van der Waals surface area contributed by atoms with E-state index < -0.39 is 11.6 Å². The van der Waals surface area contributed by atoms with Crippen molar-refractivity contribution in [2.24, 2.45) is 0 Å². The van der Waals surface area contributed by atoms with Gasteiger partial charge < -0.3 is 10.6 Å². The summed E-state index contributed by atoms with van der Waals surface area (Å²) in [5.74, 6) is 1.61. The van der Waals surface area contributed by atoms with Crippen LogP contribution in [-0.2, 0) is 29.0 Å². The molecule has 0 saturated carbocycles. The Balaban J connectivity index is 1.22. The zero-order valence-corrected chi connectivity index (χ0v) is 19.3. The SMILES string of the molecule is O=C(CN1C(=O)NC2(CCc3ccccc3C2)C1=O)Nc1cccc(CN2CCSCC2)c1. The van der Waals surface area contributed by atoms with Gasteiger partial charge in [0.15, 0.2) is 0 Å². The number of fused-ring (bicyclic) bond motifs is 1. The second-order valence-corrected chi connectivity index (χ2v) is 10.2. The summed E-state index contributed by atoms with van der Waals surface area (Å²) in [4.78, 5) is 42.1. The number of anilines is 1. The van der Waals surface area contributed by atoms with Gasteiger partial charge in [0.25, 0.3) is 5.91 Å². The lowest BCUT2D eigenvalue weighted by molar-refractivity contribution is -0.134. The number of thioether (sulfide) groups is 1. The molecule has 3 aliphatic rings. The van der Waals surface area contributed by atoms with E-state index in [2.05, 4.69) is 27.7 Å². The molecule has 2 aromatic carbocycles. The highest BCUT2D eigenvalue weighted by Gasteiger charge is 2.52. The Morgan fingerprint density at radius 3 is 2.67 bits per heavy atom. The minimum absolute atomic E-state index is 0.290. The molecule has 8 heteroatoms. The predicted molar refractivity (Wildman–Crippen MR) is 129 cm³/mol. The lowest BCUT2D eigenvalue weighted by Gasteiger charge is -2.32. The van der Waals surface area contributed by atoms with Crippen LogP contribution in [0.15, 0.2) is 48.5 Å². The Hall–Kier alpha value is -2.84. The Bertz CT molecular complexity index is 1080. The molecule has 33 heavy (non-hydrogen) atoms. The number of imide groups is 1. The molecule has 2 aliphatic heterocycles. The van der Waals surface area contributed by atoms with Crippen LogP contribution < -0.4 is 10.6 Å². The molecule has 2 fully saturated rings. The van der Waals surface area contributed by atoms with E-state index in [0.29, 0.717) is 18.5 Å². The number of hydrogen-bond acceptors (Lipinski definition) is 5. The molecule has 1 atom stereocenters. The molecule has 5 rings (SSSR count). The third-order valence-electron chi connectivity index (χ3n) is 6.70. The van der Waals surface area contributed by atoms with Crippen molar-refractivity contribution in [3.05, 3.63) is 65.2 Å². The van der Waals surface area contributed by atoms with Gasteiger partial charge >= 0.3 is 6.03 Å². The summed E-state index contributed by atoms with van der Waals surface area (Å²) in [5.41, 5.74) is 3.15. The van der Waals surface area contributed by atoms with Gasteiger partial charge in [-0.1, -0.05) is 36.4 Å². The Kier molecular flexibility index (Phi) is 6.12. The maximum absolute atomic E-state index is 13.2. The van der Waals surface area contributed by atoms with Crippen LogP contribution in [0.3, 0.4) is 0 Å². The molecule has 0 radical (unpaired) electrons. The number of amides is 4. The van der Waals surface area contributed by atoms with Crippen LogP contribution in [0.5, 0.6) is 0 Å². The average Bonchev–Trinajstić information content (AvgIpc) is 3.03. The largest absolute Gasteiger partial charge is 0.325 e. The maximum Gasteiger partial charge on any atom is 0.325 e. The second-order valence-electron chi connectivity index (χ2n) is 8.99. The van der Waals surface area contributed by atoms with E-state index in [1.165, 1.54) is 5.56 Å². The molecule has 0 aromatic heterocycles. The third kappa shape index (κ3) is 4.63. The molecule has 1 spiro atoms. The van der Waals surface area contributed by atoms with Crippen LogP contribution in [-0.4, -0.2) is 64.3 Å². The number of carbonyl (C=O) groups excluding carboxylic acids is 3. The van der Waals surface area contributed by atoms with Gasteiger partial charge in [0.05, 0.1) is 0 Å². The van der Waals surface area contributed by atoms with E-state index in [4.69, 9.17) is 0 Å². The third-order valence-corrected chi connectivity index (χ3v) is 7.64. The molecular formula is C25H28N4O3S. The highest BCUT2D eigenvalue weighted by molar-refractivity contribution is 7.99. The maximum atomic E-state index is 13.2. The highest BCUT2D eigenvalue weighted by Crippen LogP contribution is 2.33.